The third kappa shape index (κ3) is 6.29. The van der Waals surface area contributed by atoms with E-state index in [1.54, 1.807) is 0 Å². The summed E-state index contributed by atoms with van der Waals surface area (Å²) in [6.45, 7) is 5.37. The van der Waals surface area contributed by atoms with Crippen LogP contribution >= 0.6 is 0 Å². The smallest absolute Gasteiger partial charge is 0.319 e. The van der Waals surface area contributed by atoms with E-state index in [9.17, 15) is 9.59 Å². The highest BCUT2D eigenvalue weighted by molar-refractivity contribution is 6.00. The maximum Gasteiger partial charge on any atom is 0.319 e. The monoisotopic (exact) mass is 445 g/mol. The lowest BCUT2D eigenvalue weighted by molar-refractivity contribution is -0.126. The number of carbonyl (C=O) groups is 2. The second kappa shape index (κ2) is 10.9. The van der Waals surface area contributed by atoms with Gasteiger partial charge < -0.3 is 20.9 Å². The van der Waals surface area contributed by atoms with E-state index in [1.807, 2.05) is 67.6 Å². The van der Waals surface area contributed by atoms with Crippen molar-refractivity contribution in [2.24, 2.45) is 5.92 Å². The van der Waals surface area contributed by atoms with Crippen LogP contribution in [0.15, 0.2) is 60.7 Å². The molecule has 4 rings (SSSR count). The van der Waals surface area contributed by atoms with Crippen molar-refractivity contribution in [2.45, 2.75) is 26.3 Å². The third-order valence-corrected chi connectivity index (χ3v) is 5.99. The summed E-state index contributed by atoms with van der Waals surface area (Å²) in [5, 5.41) is 9.87. The zero-order chi connectivity index (χ0) is 23.0. The van der Waals surface area contributed by atoms with Crippen LogP contribution in [0.3, 0.4) is 0 Å². The fourth-order valence-corrected chi connectivity index (χ4v) is 4.31. The predicted octanol–water partition coefficient (Wildman–Crippen LogP) is 3.69. The highest BCUT2D eigenvalue weighted by Crippen LogP contribution is 2.22. The van der Waals surface area contributed by atoms with Gasteiger partial charge in [-0.3, -0.25) is 9.78 Å². The van der Waals surface area contributed by atoms with Crippen LogP contribution in [0.4, 0.5) is 10.5 Å². The Hall–Kier alpha value is -3.45. The summed E-state index contributed by atoms with van der Waals surface area (Å²) in [5.74, 6) is 0.0941. The van der Waals surface area contributed by atoms with E-state index in [0.29, 0.717) is 19.6 Å². The van der Waals surface area contributed by atoms with Gasteiger partial charge in [-0.1, -0.05) is 48.5 Å². The van der Waals surface area contributed by atoms with Crippen molar-refractivity contribution in [1.29, 1.82) is 0 Å². The van der Waals surface area contributed by atoms with Crippen molar-refractivity contribution in [2.75, 3.05) is 31.5 Å². The number of aryl methyl sites for hydroxylation is 1. The summed E-state index contributed by atoms with van der Waals surface area (Å²) in [5.41, 5.74) is 3.57. The third-order valence-electron chi connectivity index (χ3n) is 5.99. The molecule has 3 amide bonds. The van der Waals surface area contributed by atoms with E-state index in [-0.39, 0.29) is 17.9 Å². The number of benzene rings is 2. The van der Waals surface area contributed by atoms with Crippen molar-refractivity contribution in [1.82, 2.24) is 20.5 Å². The molecule has 3 aromatic rings. The number of likely N-dealkylation sites (tertiary alicyclic amines) is 1. The molecule has 2 aromatic carbocycles. The molecule has 0 spiro atoms. The number of rotatable bonds is 7. The van der Waals surface area contributed by atoms with Crippen LogP contribution in [-0.4, -0.2) is 48.0 Å². The van der Waals surface area contributed by atoms with Gasteiger partial charge in [0.2, 0.25) is 5.91 Å². The van der Waals surface area contributed by atoms with Gasteiger partial charge in [-0.25, -0.2) is 4.79 Å². The zero-order valence-corrected chi connectivity index (χ0v) is 19.0. The summed E-state index contributed by atoms with van der Waals surface area (Å²) < 4.78 is 0. The highest BCUT2D eigenvalue weighted by Gasteiger charge is 2.25. The van der Waals surface area contributed by atoms with E-state index < -0.39 is 0 Å². The van der Waals surface area contributed by atoms with Crippen LogP contribution in [0.5, 0.6) is 0 Å². The Labute approximate surface area is 194 Å². The topological polar surface area (TPSA) is 86.4 Å². The summed E-state index contributed by atoms with van der Waals surface area (Å²) in [6.07, 6.45) is 1.89. The average Bonchev–Trinajstić information content (AvgIpc) is 2.83. The molecule has 3 N–H and O–H groups in total. The Kier molecular flexibility index (Phi) is 7.52. The minimum Gasteiger partial charge on any atom is -0.352 e. The number of urea groups is 1. The van der Waals surface area contributed by atoms with Gasteiger partial charge in [0, 0.05) is 37.3 Å². The molecule has 1 aromatic heterocycles. The minimum absolute atomic E-state index is 0.0116. The SMILES string of the molecule is Cc1cc(NC(=O)NCCN2CCCC(C(=O)NCc3ccccc3)C2)c2ccccc2n1. The molecule has 7 nitrogen and oxygen atoms in total. The number of hydrogen-bond donors (Lipinski definition) is 3. The molecule has 1 aliphatic rings. The van der Waals surface area contributed by atoms with Crippen LogP contribution in [0, 0.1) is 12.8 Å². The number of fused-ring (bicyclic) bond motifs is 1. The number of nitrogens with zero attached hydrogens (tertiary/aromatic N) is 2. The van der Waals surface area contributed by atoms with Gasteiger partial charge in [0.25, 0.3) is 0 Å². The molecule has 7 heteroatoms. The number of nitrogens with one attached hydrogen (secondary N) is 3. The fraction of sp³-hybridized carbons (Fsp3) is 0.346. The quantitative estimate of drug-likeness (QED) is 0.518. The molecule has 1 fully saturated rings. The zero-order valence-electron chi connectivity index (χ0n) is 19.0. The largest absolute Gasteiger partial charge is 0.352 e. The van der Waals surface area contributed by atoms with E-state index in [4.69, 9.17) is 0 Å². The lowest BCUT2D eigenvalue weighted by Crippen LogP contribution is -2.45. The van der Waals surface area contributed by atoms with Crippen LogP contribution in [0.25, 0.3) is 10.9 Å². The number of para-hydroxylation sites is 1. The maximum atomic E-state index is 12.6. The number of piperidine rings is 1. The Morgan fingerprint density at radius 3 is 2.70 bits per heavy atom. The number of hydrogen-bond acceptors (Lipinski definition) is 4. The standard InChI is InChI=1S/C26H31N5O2/c1-19-16-24(22-11-5-6-12-23(22)29-19)30-26(33)27-13-15-31-14-7-10-21(18-31)25(32)28-17-20-8-3-2-4-9-20/h2-6,8-9,11-12,16,21H,7,10,13-15,17-18H2,1H3,(H,28,32)(H2,27,29,30,33). The first-order valence-corrected chi connectivity index (χ1v) is 11.5. The summed E-state index contributed by atoms with van der Waals surface area (Å²) in [7, 11) is 0. The Bertz CT molecular complexity index is 1100. The number of aromatic nitrogens is 1. The molecule has 0 saturated carbocycles. The Balaban J connectivity index is 1.22. The molecule has 0 bridgehead atoms. The summed E-state index contributed by atoms with van der Waals surface area (Å²) in [4.78, 5) is 31.9. The van der Waals surface area contributed by atoms with Gasteiger partial charge in [0.05, 0.1) is 17.1 Å². The fourth-order valence-electron chi connectivity index (χ4n) is 4.31. The predicted molar refractivity (Wildman–Crippen MR) is 131 cm³/mol. The number of carbonyl (C=O) groups excluding carboxylic acids is 2. The molecule has 1 saturated heterocycles. The van der Waals surface area contributed by atoms with Crippen LogP contribution in [0.1, 0.15) is 24.1 Å². The molecule has 0 aliphatic carbocycles. The maximum absolute atomic E-state index is 12.6. The molecule has 0 radical (unpaired) electrons. The first-order valence-electron chi connectivity index (χ1n) is 11.5. The van der Waals surface area contributed by atoms with Gasteiger partial charge in [0.1, 0.15) is 0 Å². The van der Waals surface area contributed by atoms with E-state index in [2.05, 4.69) is 25.8 Å². The summed E-state index contributed by atoms with van der Waals surface area (Å²) >= 11 is 0. The number of anilines is 1. The second-order valence-corrected chi connectivity index (χ2v) is 8.55. The Morgan fingerprint density at radius 2 is 1.85 bits per heavy atom. The van der Waals surface area contributed by atoms with E-state index in [0.717, 1.165) is 53.8 Å². The van der Waals surface area contributed by atoms with Gasteiger partial charge in [-0.15, -0.1) is 0 Å². The second-order valence-electron chi connectivity index (χ2n) is 8.55. The highest BCUT2D eigenvalue weighted by atomic mass is 16.2. The lowest BCUT2D eigenvalue weighted by Gasteiger charge is -2.32. The number of amides is 3. The first-order chi connectivity index (χ1) is 16.1. The molecular weight excluding hydrogens is 414 g/mol. The van der Waals surface area contributed by atoms with Gasteiger partial charge in [-0.05, 0) is 44.0 Å². The van der Waals surface area contributed by atoms with Crippen molar-refractivity contribution in [3.63, 3.8) is 0 Å². The Morgan fingerprint density at radius 1 is 1.06 bits per heavy atom. The van der Waals surface area contributed by atoms with E-state index in [1.165, 1.54) is 0 Å². The molecule has 2 heterocycles. The first kappa shape index (κ1) is 22.7. The molecule has 172 valence electrons. The van der Waals surface area contributed by atoms with Gasteiger partial charge in [-0.2, -0.15) is 0 Å². The normalized spacial score (nSPS) is 16.3. The molecule has 33 heavy (non-hydrogen) atoms. The molecular formula is C26H31N5O2. The van der Waals surface area contributed by atoms with Crippen LogP contribution in [0.2, 0.25) is 0 Å². The molecule has 1 aliphatic heterocycles. The van der Waals surface area contributed by atoms with Crippen molar-refractivity contribution < 1.29 is 9.59 Å². The van der Waals surface area contributed by atoms with Crippen LogP contribution in [-0.2, 0) is 11.3 Å². The van der Waals surface area contributed by atoms with Gasteiger partial charge in [0.15, 0.2) is 0 Å². The minimum atomic E-state index is -0.236. The lowest BCUT2D eigenvalue weighted by atomic mass is 9.97. The molecule has 1 unspecified atom stereocenters. The number of pyridine rings is 1. The van der Waals surface area contributed by atoms with Gasteiger partial charge >= 0.3 is 6.03 Å². The molecule has 1 atom stereocenters. The van der Waals surface area contributed by atoms with Crippen molar-refractivity contribution in [3.8, 4) is 0 Å². The summed E-state index contributed by atoms with van der Waals surface area (Å²) in [6, 6.07) is 19.4. The van der Waals surface area contributed by atoms with Crippen LogP contribution < -0.4 is 16.0 Å². The average molecular weight is 446 g/mol. The van der Waals surface area contributed by atoms with Crippen molar-refractivity contribution in [3.05, 3.63) is 71.9 Å². The van der Waals surface area contributed by atoms with E-state index >= 15 is 0 Å². The van der Waals surface area contributed by atoms with Crippen molar-refractivity contribution >= 4 is 28.5 Å².